The average Bonchev–Trinajstić information content (AvgIpc) is 2.98. The molecule has 1 aliphatic rings. The van der Waals surface area contributed by atoms with E-state index in [0.717, 1.165) is 26.2 Å². The van der Waals surface area contributed by atoms with E-state index in [4.69, 9.17) is 10.5 Å². The predicted octanol–water partition coefficient (Wildman–Crippen LogP) is -0.369. The van der Waals surface area contributed by atoms with Crippen LogP contribution in [-0.4, -0.2) is 57.3 Å². The Hall–Kier alpha value is -0.810. The van der Waals surface area contributed by atoms with Crippen LogP contribution in [0.2, 0.25) is 0 Å². The summed E-state index contributed by atoms with van der Waals surface area (Å²) in [6, 6.07) is 0.583. The molecular weight excluding hydrogens is 192 g/mol. The Bertz CT molecular complexity index is 204. The maximum Gasteiger partial charge on any atom is 0.188 e. The number of nitrogens with zero attached hydrogens (tertiary/aromatic N) is 2. The molecule has 0 spiro atoms. The molecule has 0 unspecified atom stereocenters. The summed E-state index contributed by atoms with van der Waals surface area (Å²) in [5, 5.41) is 3.16. The van der Waals surface area contributed by atoms with Gasteiger partial charge in [0.05, 0.1) is 13.2 Å². The lowest BCUT2D eigenvalue weighted by atomic mass is 10.5. The molecule has 1 aliphatic carbocycles. The van der Waals surface area contributed by atoms with Crippen LogP contribution < -0.4 is 11.1 Å². The van der Waals surface area contributed by atoms with Crippen LogP contribution in [0.15, 0.2) is 4.99 Å². The Labute approximate surface area is 91.7 Å². The van der Waals surface area contributed by atoms with Crippen LogP contribution in [0.25, 0.3) is 0 Å². The molecule has 88 valence electrons. The highest BCUT2D eigenvalue weighted by Crippen LogP contribution is 2.17. The Balaban J connectivity index is 2.02. The summed E-state index contributed by atoms with van der Waals surface area (Å²) in [5.74, 6) is 0.581. The molecule has 0 aromatic heterocycles. The number of methoxy groups -OCH3 is 1. The Morgan fingerprint density at radius 3 is 2.87 bits per heavy atom. The van der Waals surface area contributed by atoms with Crippen molar-refractivity contribution in [2.75, 3.05) is 40.4 Å². The van der Waals surface area contributed by atoms with E-state index in [2.05, 4.69) is 22.3 Å². The lowest BCUT2D eigenvalue weighted by Gasteiger charge is -2.14. The quantitative estimate of drug-likeness (QED) is 0.448. The molecule has 0 radical (unpaired) electrons. The third kappa shape index (κ3) is 6.30. The smallest absolute Gasteiger partial charge is 0.188 e. The first-order valence-corrected chi connectivity index (χ1v) is 5.46. The van der Waals surface area contributed by atoms with Crippen molar-refractivity contribution in [2.24, 2.45) is 10.7 Å². The van der Waals surface area contributed by atoms with Crippen molar-refractivity contribution in [3.8, 4) is 0 Å². The van der Waals surface area contributed by atoms with Gasteiger partial charge in [0.15, 0.2) is 5.96 Å². The number of nitrogens with one attached hydrogen (secondary N) is 1. The van der Waals surface area contributed by atoms with E-state index in [1.54, 1.807) is 7.11 Å². The van der Waals surface area contributed by atoms with Gasteiger partial charge >= 0.3 is 0 Å². The summed E-state index contributed by atoms with van der Waals surface area (Å²) in [7, 11) is 3.77. The molecule has 0 amide bonds. The van der Waals surface area contributed by atoms with Crippen LogP contribution in [0.3, 0.4) is 0 Å². The van der Waals surface area contributed by atoms with Crippen molar-refractivity contribution in [3.05, 3.63) is 0 Å². The number of rotatable bonds is 7. The lowest BCUT2D eigenvalue weighted by molar-refractivity contribution is 0.163. The van der Waals surface area contributed by atoms with Gasteiger partial charge in [0.25, 0.3) is 0 Å². The van der Waals surface area contributed by atoms with Crippen molar-refractivity contribution in [1.29, 1.82) is 0 Å². The molecule has 0 saturated heterocycles. The molecule has 0 aromatic rings. The normalized spacial score (nSPS) is 17.1. The maximum atomic E-state index is 5.70. The van der Waals surface area contributed by atoms with E-state index < -0.39 is 0 Å². The summed E-state index contributed by atoms with van der Waals surface area (Å²) in [5.41, 5.74) is 5.70. The minimum atomic E-state index is 0.581. The van der Waals surface area contributed by atoms with Crippen LogP contribution >= 0.6 is 0 Å². The van der Waals surface area contributed by atoms with Gasteiger partial charge in [-0.1, -0.05) is 0 Å². The molecule has 5 nitrogen and oxygen atoms in total. The monoisotopic (exact) mass is 214 g/mol. The van der Waals surface area contributed by atoms with E-state index in [-0.39, 0.29) is 0 Å². The second-order valence-corrected chi connectivity index (χ2v) is 3.98. The molecule has 0 aromatic carbocycles. The lowest BCUT2D eigenvalue weighted by Crippen LogP contribution is -2.34. The largest absolute Gasteiger partial charge is 0.383 e. The zero-order valence-electron chi connectivity index (χ0n) is 9.70. The van der Waals surface area contributed by atoms with Crippen LogP contribution in [0.5, 0.6) is 0 Å². The van der Waals surface area contributed by atoms with E-state index >= 15 is 0 Å². The average molecular weight is 214 g/mol. The number of hydrogen-bond acceptors (Lipinski definition) is 3. The zero-order valence-corrected chi connectivity index (χ0v) is 9.70. The molecule has 0 heterocycles. The fraction of sp³-hybridized carbons (Fsp3) is 0.900. The highest BCUT2D eigenvalue weighted by molar-refractivity contribution is 5.78. The number of ether oxygens (including phenoxy) is 1. The summed E-state index contributed by atoms with van der Waals surface area (Å²) in [6.07, 6.45) is 2.45. The van der Waals surface area contributed by atoms with E-state index in [1.807, 2.05) is 0 Å². The van der Waals surface area contributed by atoms with Crippen molar-refractivity contribution in [3.63, 3.8) is 0 Å². The van der Waals surface area contributed by atoms with Crippen molar-refractivity contribution in [1.82, 2.24) is 10.2 Å². The molecule has 0 bridgehead atoms. The first kappa shape index (κ1) is 12.3. The first-order chi connectivity index (χ1) is 7.22. The molecule has 1 fully saturated rings. The van der Waals surface area contributed by atoms with Crippen LogP contribution in [0.4, 0.5) is 0 Å². The number of likely N-dealkylation sites (N-methyl/N-ethyl adjacent to an activating group) is 1. The van der Waals surface area contributed by atoms with E-state index in [0.29, 0.717) is 12.0 Å². The standard InChI is InChI=1S/C10H22N4O/c1-14(7-8-15-2)6-5-12-10(11)13-9-3-4-9/h9H,3-8H2,1-2H3,(H3,11,12,13). The summed E-state index contributed by atoms with van der Waals surface area (Å²) in [6.45, 7) is 3.35. The number of nitrogens with two attached hydrogens (primary N) is 1. The van der Waals surface area contributed by atoms with Crippen molar-refractivity contribution >= 4 is 5.96 Å². The Morgan fingerprint density at radius 1 is 1.53 bits per heavy atom. The third-order valence-electron chi connectivity index (χ3n) is 2.37. The number of hydrogen-bond donors (Lipinski definition) is 2. The van der Waals surface area contributed by atoms with Gasteiger partial charge in [0, 0.05) is 26.2 Å². The molecule has 3 N–H and O–H groups in total. The highest BCUT2D eigenvalue weighted by Gasteiger charge is 2.21. The van der Waals surface area contributed by atoms with Gasteiger partial charge in [-0.05, 0) is 19.9 Å². The van der Waals surface area contributed by atoms with Crippen molar-refractivity contribution in [2.45, 2.75) is 18.9 Å². The van der Waals surface area contributed by atoms with Gasteiger partial charge in [0.1, 0.15) is 0 Å². The highest BCUT2D eigenvalue weighted by atomic mass is 16.5. The number of guanidine groups is 1. The summed E-state index contributed by atoms with van der Waals surface area (Å²) < 4.78 is 4.99. The third-order valence-corrected chi connectivity index (χ3v) is 2.37. The second-order valence-electron chi connectivity index (χ2n) is 3.98. The van der Waals surface area contributed by atoms with E-state index in [9.17, 15) is 0 Å². The molecule has 0 aliphatic heterocycles. The molecule has 1 rings (SSSR count). The van der Waals surface area contributed by atoms with Gasteiger partial charge in [-0.2, -0.15) is 0 Å². The fourth-order valence-corrected chi connectivity index (χ4v) is 1.18. The Morgan fingerprint density at radius 2 is 2.27 bits per heavy atom. The van der Waals surface area contributed by atoms with Gasteiger partial charge in [-0.3, -0.25) is 4.99 Å². The minimum absolute atomic E-state index is 0.581. The van der Waals surface area contributed by atoms with Gasteiger partial charge < -0.3 is 20.7 Å². The van der Waals surface area contributed by atoms with Crippen LogP contribution in [0.1, 0.15) is 12.8 Å². The fourth-order valence-electron chi connectivity index (χ4n) is 1.18. The SMILES string of the molecule is COCCN(C)CCN=C(N)NC1CC1. The molecular formula is C10H22N4O. The number of aliphatic imine (C=N–C) groups is 1. The first-order valence-electron chi connectivity index (χ1n) is 5.46. The summed E-state index contributed by atoms with van der Waals surface area (Å²) >= 11 is 0. The van der Waals surface area contributed by atoms with Crippen LogP contribution in [-0.2, 0) is 4.74 Å². The zero-order chi connectivity index (χ0) is 11.1. The molecule has 15 heavy (non-hydrogen) atoms. The second kappa shape index (κ2) is 6.63. The minimum Gasteiger partial charge on any atom is -0.383 e. The molecule has 0 atom stereocenters. The molecule has 5 heteroatoms. The predicted molar refractivity (Wildman–Crippen MR) is 62.0 cm³/mol. The van der Waals surface area contributed by atoms with Gasteiger partial charge in [-0.25, -0.2) is 0 Å². The van der Waals surface area contributed by atoms with Gasteiger partial charge in [-0.15, -0.1) is 0 Å². The maximum absolute atomic E-state index is 5.70. The van der Waals surface area contributed by atoms with Crippen molar-refractivity contribution < 1.29 is 4.74 Å². The molecule has 1 saturated carbocycles. The van der Waals surface area contributed by atoms with Gasteiger partial charge in [0.2, 0.25) is 0 Å². The topological polar surface area (TPSA) is 62.9 Å². The Kier molecular flexibility index (Phi) is 5.42. The van der Waals surface area contributed by atoms with E-state index in [1.165, 1.54) is 12.8 Å². The van der Waals surface area contributed by atoms with Crippen LogP contribution in [0, 0.1) is 0 Å². The summed E-state index contributed by atoms with van der Waals surface area (Å²) in [4.78, 5) is 6.43.